The maximum atomic E-state index is 13.5. The number of nitrogens with one attached hydrogen (secondary N) is 1. The summed E-state index contributed by atoms with van der Waals surface area (Å²) in [5, 5.41) is 2.56. The van der Waals surface area contributed by atoms with Crippen molar-refractivity contribution >= 4 is 29.3 Å². The van der Waals surface area contributed by atoms with Crippen molar-refractivity contribution in [2.75, 3.05) is 6.54 Å². The average Bonchev–Trinajstić information content (AvgIpc) is 3.40. The molecule has 0 radical (unpaired) electrons. The van der Waals surface area contributed by atoms with Gasteiger partial charge in [-0.2, -0.15) is 0 Å². The largest absolute Gasteiger partial charge is 0.466 e. The molecule has 1 aliphatic heterocycles. The summed E-state index contributed by atoms with van der Waals surface area (Å²) in [5.74, 6) is -1.23. The lowest BCUT2D eigenvalue weighted by Gasteiger charge is -2.18. The number of Topliss-reactive ketones (excluding diaryl/α,β-unsaturated/α-hetero) is 1. The maximum absolute atomic E-state index is 13.5. The Morgan fingerprint density at radius 3 is 2.61 bits per heavy atom. The highest BCUT2D eigenvalue weighted by Gasteiger charge is 2.51. The van der Waals surface area contributed by atoms with Crippen molar-refractivity contribution in [1.29, 1.82) is 0 Å². The number of amides is 3. The van der Waals surface area contributed by atoms with Gasteiger partial charge in [-0.25, -0.2) is 9.18 Å². The van der Waals surface area contributed by atoms with E-state index in [0.717, 1.165) is 10.6 Å². The molecule has 1 fully saturated rings. The molecule has 0 spiro atoms. The van der Waals surface area contributed by atoms with Gasteiger partial charge in [0.05, 0.1) is 17.8 Å². The Balaban J connectivity index is 1.62. The number of halogens is 2. The number of carbonyl (C=O) groups excluding carboxylic acids is 3. The zero-order valence-corrected chi connectivity index (χ0v) is 17.8. The summed E-state index contributed by atoms with van der Waals surface area (Å²) in [7, 11) is 0. The number of ketones is 1. The van der Waals surface area contributed by atoms with Gasteiger partial charge in [0, 0.05) is 22.6 Å². The summed E-state index contributed by atoms with van der Waals surface area (Å²) < 4.78 is 20.6. The minimum Gasteiger partial charge on any atom is -0.466 e. The first kappa shape index (κ1) is 20.9. The van der Waals surface area contributed by atoms with Crippen molar-refractivity contribution in [3.63, 3.8) is 0 Å². The van der Waals surface area contributed by atoms with Gasteiger partial charge in [-0.1, -0.05) is 11.6 Å². The molecule has 3 heterocycles. The molecule has 0 saturated carbocycles. The van der Waals surface area contributed by atoms with Crippen molar-refractivity contribution in [3.05, 3.63) is 76.2 Å². The fourth-order valence-corrected chi connectivity index (χ4v) is 4.04. The van der Waals surface area contributed by atoms with E-state index in [1.807, 2.05) is 0 Å². The molecule has 4 rings (SSSR count). The van der Waals surface area contributed by atoms with Gasteiger partial charge in [0.2, 0.25) is 0 Å². The zero-order chi connectivity index (χ0) is 22.5. The van der Waals surface area contributed by atoms with Crippen LogP contribution in [-0.4, -0.2) is 33.7 Å². The molecule has 1 unspecified atom stereocenters. The molecule has 3 aromatic rings. The third kappa shape index (κ3) is 3.33. The number of hydrogen-bond acceptors (Lipinski definition) is 4. The molecular weight excluding hydrogens is 425 g/mol. The van der Waals surface area contributed by atoms with Crippen LogP contribution in [0.5, 0.6) is 0 Å². The Hall–Kier alpha value is -3.39. The van der Waals surface area contributed by atoms with Crippen molar-refractivity contribution in [1.82, 2.24) is 14.8 Å². The lowest BCUT2D eigenvalue weighted by Crippen LogP contribution is -2.41. The smallest absolute Gasteiger partial charge is 0.325 e. The molecule has 3 amide bonds. The molecule has 0 aliphatic carbocycles. The van der Waals surface area contributed by atoms with Crippen molar-refractivity contribution < 1.29 is 23.2 Å². The number of hydrogen-bond donors (Lipinski definition) is 1. The number of imide groups is 1. The molecular formula is C22H19ClFN3O4. The van der Waals surface area contributed by atoms with Crippen LogP contribution < -0.4 is 5.32 Å². The Morgan fingerprint density at radius 2 is 1.97 bits per heavy atom. The Labute approximate surface area is 182 Å². The van der Waals surface area contributed by atoms with E-state index < -0.39 is 35.6 Å². The first-order chi connectivity index (χ1) is 14.6. The number of nitrogens with zero attached hydrogens (tertiary/aromatic N) is 2. The summed E-state index contributed by atoms with van der Waals surface area (Å²) in [6.45, 7) is 4.63. The molecule has 1 saturated heterocycles. The van der Waals surface area contributed by atoms with E-state index in [9.17, 15) is 18.8 Å². The number of urea groups is 1. The van der Waals surface area contributed by atoms with Gasteiger partial charge in [0.15, 0.2) is 11.3 Å². The van der Waals surface area contributed by atoms with Crippen molar-refractivity contribution in [2.45, 2.75) is 26.3 Å². The van der Waals surface area contributed by atoms with Gasteiger partial charge in [-0.3, -0.25) is 14.5 Å². The lowest BCUT2D eigenvalue weighted by molar-refractivity contribution is -0.131. The fraction of sp³-hybridized carbons (Fsp3) is 0.227. The Morgan fingerprint density at radius 1 is 1.23 bits per heavy atom. The van der Waals surface area contributed by atoms with Crippen LogP contribution in [0, 0.1) is 19.7 Å². The van der Waals surface area contributed by atoms with Gasteiger partial charge in [0.1, 0.15) is 11.6 Å². The van der Waals surface area contributed by atoms with E-state index in [1.165, 1.54) is 25.3 Å². The van der Waals surface area contributed by atoms with E-state index in [-0.39, 0.29) is 10.8 Å². The summed E-state index contributed by atoms with van der Waals surface area (Å²) in [4.78, 5) is 39.3. The van der Waals surface area contributed by atoms with Crippen molar-refractivity contribution in [3.8, 4) is 5.69 Å². The minimum atomic E-state index is -1.37. The minimum absolute atomic E-state index is 0.0329. The van der Waals surface area contributed by atoms with Gasteiger partial charge < -0.3 is 14.3 Å². The molecule has 1 N–H and O–H groups in total. The number of benzene rings is 1. The van der Waals surface area contributed by atoms with Gasteiger partial charge in [-0.15, -0.1) is 0 Å². The van der Waals surface area contributed by atoms with E-state index in [1.54, 1.807) is 42.7 Å². The number of carbonyl (C=O) groups is 3. The first-order valence-electron chi connectivity index (χ1n) is 9.49. The van der Waals surface area contributed by atoms with E-state index >= 15 is 0 Å². The molecule has 2 aromatic heterocycles. The summed E-state index contributed by atoms with van der Waals surface area (Å²) in [6.07, 6.45) is 1.41. The van der Waals surface area contributed by atoms with E-state index in [2.05, 4.69) is 5.32 Å². The highest BCUT2D eigenvalue weighted by molar-refractivity contribution is 6.30. The molecule has 1 atom stereocenters. The molecule has 1 aromatic carbocycles. The second-order valence-corrected chi connectivity index (χ2v) is 7.97. The predicted octanol–water partition coefficient (Wildman–Crippen LogP) is 4.13. The highest BCUT2D eigenvalue weighted by atomic mass is 35.5. The van der Waals surface area contributed by atoms with Crippen LogP contribution >= 0.6 is 11.6 Å². The second kappa shape index (κ2) is 7.39. The lowest BCUT2D eigenvalue weighted by atomic mass is 9.99. The number of rotatable bonds is 5. The molecule has 1 aliphatic rings. The van der Waals surface area contributed by atoms with Crippen LogP contribution in [0.15, 0.2) is 47.1 Å². The SMILES string of the molecule is Cc1cc(C(=O)CN2C(=O)NC(C)(c3ccco3)C2=O)c(C)n1-c1ccc(F)c(Cl)c1. The van der Waals surface area contributed by atoms with E-state index in [0.29, 0.717) is 16.9 Å². The summed E-state index contributed by atoms with van der Waals surface area (Å²) in [5.41, 5.74) is 0.890. The van der Waals surface area contributed by atoms with Gasteiger partial charge in [0.25, 0.3) is 5.91 Å². The third-order valence-corrected chi connectivity index (χ3v) is 5.77. The maximum Gasteiger partial charge on any atom is 0.325 e. The normalized spacial score (nSPS) is 18.5. The zero-order valence-electron chi connectivity index (χ0n) is 17.0. The molecule has 0 bridgehead atoms. The average molecular weight is 444 g/mol. The molecule has 31 heavy (non-hydrogen) atoms. The third-order valence-electron chi connectivity index (χ3n) is 5.48. The standard InChI is InChI=1S/C22H19ClFN3O4/c1-12-9-15(13(2)27(12)14-6-7-17(24)16(23)10-14)18(28)11-26-20(29)22(3,25-21(26)30)19-5-4-8-31-19/h4-10H,11H2,1-3H3,(H,25,30). The topological polar surface area (TPSA) is 84.6 Å². The highest BCUT2D eigenvalue weighted by Crippen LogP contribution is 2.30. The van der Waals surface area contributed by atoms with Gasteiger partial charge in [-0.05, 0) is 57.2 Å². The number of aryl methyl sites for hydroxylation is 1. The van der Waals surface area contributed by atoms with Crippen LogP contribution in [0.25, 0.3) is 5.69 Å². The summed E-state index contributed by atoms with van der Waals surface area (Å²) >= 11 is 5.90. The van der Waals surface area contributed by atoms with Crippen LogP contribution in [-0.2, 0) is 10.3 Å². The van der Waals surface area contributed by atoms with Crippen LogP contribution in [0.3, 0.4) is 0 Å². The van der Waals surface area contributed by atoms with Crippen molar-refractivity contribution in [2.24, 2.45) is 0 Å². The van der Waals surface area contributed by atoms with Crippen LogP contribution in [0.2, 0.25) is 5.02 Å². The molecule has 160 valence electrons. The predicted molar refractivity (Wildman–Crippen MR) is 111 cm³/mol. The van der Waals surface area contributed by atoms with Crippen LogP contribution in [0.1, 0.15) is 34.4 Å². The fourth-order valence-electron chi connectivity index (χ4n) is 3.87. The van der Waals surface area contributed by atoms with Crippen LogP contribution in [0.4, 0.5) is 9.18 Å². The quantitative estimate of drug-likeness (QED) is 0.474. The number of furan rings is 1. The first-order valence-corrected chi connectivity index (χ1v) is 9.87. The Kier molecular flexibility index (Phi) is 4.97. The second-order valence-electron chi connectivity index (χ2n) is 7.57. The number of aromatic nitrogens is 1. The molecule has 7 nitrogen and oxygen atoms in total. The Bertz CT molecular complexity index is 1220. The van der Waals surface area contributed by atoms with E-state index in [4.69, 9.17) is 16.0 Å². The van der Waals surface area contributed by atoms with Gasteiger partial charge >= 0.3 is 6.03 Å². The molecule has 9 heteroatoms. The monoisotopic (exact) mass is 443 g/mol. The summed E-state index contributed by atoms with van der Waals surface area (Å²) in [6, 6.07) is 8.48.